The molecule has 19 heavy (non-hydrogen) atoms. The lowest BCUT2D eigenvalue weighted by Gasteiger charge is -2.11. The molecule has 0 amide bonds. The Kier molecular flexibility index (Phi) is 3.92. The van der Waals surface area contributed by atoms with Gasteiger partial charge < -0.3 is 10.1 Å². The fourth-order valence-corrected chi connectivity index (χ4v) is 3.00. The van der Waals surface area contributed by atoms with E-state index in [1.54, 1.807) is 17.4 Å². The Balaban J connectivity index is 1.73. The highest BCUT2D eigenvalue weighted by Gasteiger charge is 2.15. The van der Waals surface area contributed by atoms with Gasteiger partial charge in [-0.15, -0.1) is 11.3 Å². The molecule has 100 valence electrons. The molecule has 0 saturated carbocycles. The topological polar surface area (TPSA) is 21.3 Å². The molecule has 0 spiro atoms. The van der Waals surface area contributed by atoms with E-state index in [-0.39, 0.29) is 5.82 Å². The van der Waals surface area contributed by atoms with Gasteiger partial charge in [-0.05, 0) is 35.6 Å². The van der Waals surface area contributed by atoms with E-state index in [0.717, 1.165) is 36.6 Å². The highest BCUT2D eigenvalue weighted by atomic mass is 32.1. The molecule has 1 aromatic carbocycles. The van der Waals surface area contributed by atoms with Gasteiger partial charge in [-0.1, -0.05) is 12.1 Å². The number of ether oxygens (including phenoxy) is 1. The summed E-state index contributed by atoms with van der Waals surface area (Å²) in [4.78, 5) is 0.976. The summed E-state index contributed by atoms with van der Waals surface area (Å²) in [6.45, 7) is 2.37. The fourth-order valence-electron chi connectivity index (χ4n) is 2.26. The Bertz CT molecular complexity index is 535. The second-order valence-corrected chi connectivity index (χ2v) is 5.68. The Morgan fingerprint density at radius 1 is 1.37 bits per heavy atom. The second-order valence-electron chi connectivity index (χ2n) is 4.73. The Hall–Kier alpha value is -1.23. The lowest BCUT2D eigenvalue weighted by atomic mass is 10.1. The summed E-state index contributed by atoms with van der Waals surface area (Å²) in [5.74, 6) is -0.157. The van der Waals surface area contributed by atoms with Crippen LogP contribution in [0.15, 0.2) is 35.7 Å². The van der Waals surface area contributed by atoms with E-state index in [9.17, 15) is 4.39 Å². The van der Waals surface area contributed by atoms with E-state index in [4.69, 9.17) is 4.74 Å². The maximum absolute atomic E-state index is 13.8. The van der Waals surface area contributed by atoms with E-state index in [2.05, 4.69) is 5.32 Å². The third-order valence-corrected chi connectivity index (χ3v) is 4.25. The van der Waals surface area contributed by atoms with Crippen LogP contribution in [0.2, 0.25) is 0 Å². The van der Waals surface area contributed by atoms with Gasteiger partial charge in [-0.3, -0.25) is 0 Å². The van der Waals surface area contributed by atoms with Crippen molar-refractivity contribution < 1.29 is 9.13 Å². The zero-order valence-corrected chi connectivity index (χ0v) is 11.4. The molecule has 1 N–H and O–H groups in total. The molecule has 4 heteroatoms. The predicted octanol–water partition coefficient (Wildman–Crippen LogP) is 3.43. The number of thiophene rings is 1. The summed E-state index contributed by atoms with van der Waals surface area (Å²) in [5, 5.41) is 5.41. The van der Waals surface area contributed by atoms with Crippen molar-refractivity contribution in [3.63, 3.8) is 0 Å². The quantitative estimate of drug-likeness (QED) is 0.924. The lowest BCUT2D eigenvalue weighted by Crippen LogP contribution is -2.28. The number of benzene rings is 1. The van der Waals surface area contributed by atoms with Gasteiger partial charge in [0.05, 0.1) is 6.61 Å². The van der Waals surface area contributed by atoms with E-state index in [1.807, 2.05) is 29.6 Å². The zero-order chi connectivity index (χ0) is 13.1. The van der Waals surface area contributed by atoms with Crippen LogP contribution in [0.25, 0.3) is 10.4 Å². The number of halogens is 1. The summed E-state index contributed by atoms with van der Waals surface area (Å²) in [6.07, 6.45) is 1.05. The molecule has 1 atom stereocenters. The third-order valence-electron chi connectivity index (χ3n) is 3.34. The monoisotopic (exact) mass is 277 g/mol. The van der Waals surface area contributed by atoms with E-state index in [0.29, 0.717) is 11.6 Å². The van der Waals surface area contributed by atoms with Crippen LogP contribution in [-0.4, -0.2) is 19.3 Å². The maximum Gasteiger partial charge on any atom is 0.131 e. The van der Waals surface area contributed by atoms with E-state index >= 15 is 0 Å². The molecule has 0 radical (unpaired) electrons. The van der Waals surface area contributed by atoms with Crippen LogP contribution in [0.4, 0.5) is 4.39 Å². The highest BCUT2D eigenvalue weighted by Crippen LogP contribution is 2.28. The summed E-state index contributed by atoms with van der Waals surface area (Å²) < 4.78 is 19.2. The second kappa shape index (κ2) is 5.82. The highest BCUT2D eigenvalue weighted by molar-refractivity contribution is 7.13. The largest absolute Gasteiger partial charge is 0.380 e. The van der Waals surface area contributed by atoms with Gasteiger partial charge in [-0.2, -0.15) is 0 Å². The average Bonchev–Trinajstić information content (AvgIpc) is 3.11. The van der Waals surface area contributed by atoms with Crippen molar-refractivity contribution in [2.24, 2.45) is 0 Å². The first-order chi connectivity index (χ1) is 9.33. The van der Waals surface area contributed by atoms with Crippen LogP contribution in [-0.2, 0) is 11.3 Å². The minimum Gasteiger partial charge on any atom is -0.380 e. The minimum absolute atomic E-state index is 0.157. The van der Waals surface area contributed by atoms with Crippen LogP contribution < -0.4 is 5.32 Å². The molecule has 0 aliphatic carbocycles. The first kappa shape index (κ1) is 12.8. The summed E-state index contributed by atoms with van der Waals surface area (Å²) >= 11 is 1.56. The average molecular weight is 277 g/mol. The van der Waals surface area contributed by atoms with Crippen molar-refractivity contribution in [1.29, 1.82) is 0 Å². The van der Waals surface area contributed by atoms with Gasteiger partial charge >= 0.3 is 0 Å². The van der Waals surface area contributed by atoms with Gasteiger partial charge in [0, 0.05) is 29.6 Å². The van der Waals surface area contributed by atoms with E-state index < -0.39 is 0 Å². The number of hydrogen-bond donors (Lipinski definition) is 1. The zero-order valence-electron chi connectivity index (χ0n) is 10.6. The Morgan fingerprint density at radius 2 is 2.32 bits per heavy atom. The van der Waals surface area contributed by atoms with Gasteiger partial charge in [0.15, 0.2) is 0 Å². The predicted molar refractivity (Wildman–Crippen MR) is 75.8 cm³/mol. The van der Waals surface area contributed by atoms with Crippen LogP contribution in [0.5, 0.6) is 0 Å². The minimum atomic E-state index is -0.157. The van der Waals surface area contributed by atoms with Crippen molar-refractivity contribution in [1.82, 2.24) is 5.32 Å². The first-order valence-corrected chi connectivity index (χ1v) is 7.34. The van der Waals surface area contributed by atoms with Crippen molar-refractivity contribution in [2.45, 2.75) is 19.0 Å². The SMILES string of the molecule is Fc1ccc(CNC2CCOC2)cc1-c1cccs1. The molecule has 1 aliphatic heterocycles. The fraction of sp³-hybridized carbons (Fsp3) is 0.333. The van der Waals surface area contributed by atoms with Gasteiger partial charge in [-0.25, -0.2) is 4.39 Å². The van der Waals surface area contributed by atoms with Crippen molar-refractivity contribution in [2.75, 3.05) is 13.2 Å². The molecule has 2 heterocycles. The molecule has 2 nitrogen and oxygen atoms in total. The molecule has 2 aromatic rings. The van der Waals surface area contributed by atoms with Crippen LogP contribution in [0.3, 0.4) is 0 Å². The molecular weight excluding hydrogens is 261 g/mol. The molecule has 0 bridgehead atoms. The molecule has 1 unspecified atom stereocenters. The van der Waals surface area contributed by atoms with Gasteiger partial charge in [0.1, 0.15) is 5.82 Å². The van der Waals surface area contributed by atoms with Gasteiger partial charge in [0.25, 0.3) is 0 Å². The molecular formula is C15H16FNOS. The number of nitrogens with one attached hydrogen (secondary N) is 1. The first-order valence-electron chi connectivity index (χ1n) is 6.46. The Morgan fingerprint density at radius 3 is 3.05 bits per heavy atom. The molecule has 1 fully saturated rings. The smallest absolute Gasteiger partial charge is 0.131 e. The summed E-state index contributed by atoms with van der Waals surface area (Å²) in [5.41, 5.74) is 1.80. The normalized spacial score (nSPS) is 18.9. The standard InChI is InChI=1S/C15H16FNOS/c16-14-4-3-11(9-17-12-5-6-18-10-12)8-13(14)15-2-1-7-19-15/h1-4,7-8,12,17H,5-6,9-10H2. The number of hydrogen-bond acceptors (Lipinski definition) is 3. The van der Waals surface area contributed by atoms with Gasteiger partial charge in [0.2, 0.25) is 0 Å². The number of rotatable bonds is 4. The summed E-state index contributed by atoms with van der Waals surface area (Å²) in [6, 6.07) is 9.65. The molecule has 1 saturated heterocycles. The van der Waals surface area contributed by atoms with Crippen molar-refractivity contribution in [3.05, 3.63) is 47.1 Å². The maximum atomic E-state index is 13.8. The van der Waals surface area contributed by atoms with Crippen molar-refractivity contribution in [3.8, 4) is 10.4 Å². The third kappa shape index (κ3) is 3.03. The summed E-state index contributed by atoms with van der Waals surface area (Å²) in [7, 11) is 0. The molecule has 1 aliphatic rings. The van der Waals surface area contributed by atoms with Crippen LogP contribution in [0, 0.1) is 5.82 Å². The lowest BCUT2D eigenvalue weighted by molar-refractivity contribution is 0.190. The van der Waals surface area contributed by atoms with Crippen molar-refractivity contribution >= 4 is 11.3 Å². The van der Waals surface area contributed by atoms with E-state index in [1.165, 1.54) is 0 Å². The molecule has 3 rings (SSSR count). The Labute approximate surface area is 116 Å². The van der Waals surface area contributed by atoms with Crippen LogP contribution >= 0.6 is 11.3 Å². The van der Waals surface area contributed by atoms with Crippen LogP contribution in [0.1, 0.15) is 12.0 Å². The molecule has 1 aromatic heterocycles.